The molecule has 1 aliphatic rings. The van der Waals surface area contributed by atoms with Crippen molar-refractivity contribution < 1.29 is 4.79 Å². The minimum atomic E-state index is 0.217. The summed E-state index contributed by atoms with van der Waals surface area (Å²) in [5, 5.41) is 3.64. The van der Waals surface area contributed by atoms with Gasteiger partial charge in [-0.2, -0.15) is 0 Å². The first-order valence-corrected chi connectivity index (χ1v) is 7.76. The van der Waals surface area contributed by atoms with Crippen LogP contribution in [0.25, 0.3) is 0 Å². The van der Waals surface area contributed by atoms with Gasteiger partial charge in [-0.3, -0.25) is 4.79 Å². The third kappa shape index (κ3) is 3.94. The van der Waals surface area contributed by atoms with E-state index >= 15 is 0 Å². The largest absolute Gasteiger partial charge is 0.367 e. The fourth-order valence-electron chi connectivity index (χ4n) is 3.90. The molecule has 2 rings (SSSR count). The first-order chi connectivity index (χ1) is 9.62. The lowest BCUT2D eigenvalue weighted by molar-refractivity contribution is 0.105. The second-order valence-corrected chi connectivity index (χ2v) is 8.05. The van der Waals surface area contributed by atoms with Crippen LogP contribution in [-0.2, 0) is 0 Å². The van der Waals surface area contributed by atoms with Crippen LogP contribution in [0.3, 0.4) is 0 Å². The first-order valence-electron chi connectivity index (χ1n) is 7.38. The Balaban J connectivity index is 2.27. The average molecular weight is 310 g/mol. The molecule has 0 unspecified atom stereocenters. The highest BCUT2D eigenvalue weighted by molar-refractivity contribution is 6.32. The minimum Gasteiger partial charge on any atom is -0.367 e. The minimum absolute atomic E-state index is 0.217. The van der Waals surface area contributed by atoms with Gasteiger partial charge in [0.15, 0.2) is 6.29 Å². The van der Waals surface area contributed by atoms with E-state index in [9.17, 15) is 4.79 Å². The summed E-state index contributed by atoms with van der Waals surface area (Å²) in [5.74, 6) is 1.13. The number of aromatic nitrogens is 2. The Morgan fingerprint density at radius 2 is 1.76 bits per heavy atom. The first kappa shape index (κ1) is 16.2. The molecule has 21 heavy (non-hydrogen) atoms. The van der Waals surface area contributed by atoms with Gasteiger partial charge in [0, 0.05) is 6.04 Å². The van der Waals surface area contributed by atoms with Crippen molar-refractivity contribution in [3.8, 4) is 0 Å². The zero-order chi connectivity index (χ0) is 15.8. The zero-order valence-electron chi connectivity index (χ0n) is 13.5. The van der Waals surface area contributed by atoms with E-state index in [0.717, 1.165) is 19.1 Å². The molecular formula is C16H24ClN3O. The maximum Gasteiger partial charge on any atom is 0.156 e. The van der Waals surface area contributed by atoms with E-state index < -0.39 is 0 Å². The van der Waals surface area contributed by atoms with Crippen LogP contribution in [0.15, 0.2) is 0 Å². The fourth-order valence-corrected chi connectivity index (χ4v) is 4.16. The van der Waals surface area contributed by atoms with Gasteiger partial charge in [-0.15, -0.1) is 0 Å². The number of nitrogens with one attached hydrogen (secondary N) is 1. The van der Waals surface area contributed by atoms with Crippen LogP contribution >= 0.6 is 11.6 Å². The van der Waals surface area contributed by atoms with Crippen LogP contribution in [-0.4, -0.2) is 22.3 Å². The maximum atomic E-state index is 11.3. The van der Waals surface area contributed by atoms with E-state index in [2.05, 4.69) is 43.0 Å². The number of halogens is 1. The molecule has 0 bridgehead atoms. The number of nitrogens with zero attached hydrogens (tertiary/aromatic N) is 2. The molecule has 0 aliphatic heterocycles. The molecule has 1 aliphatic carbocycles. The Labute approximate surface area is 131 Å². The van der Waals surface area contributed by atoms with Crippen molar-refractivity contribution in [1.82, 2.24) is 9.97 Å². The van der Waals surface area contributed by atoms with Crippen LogP contribution < -0.4 is 5.32 Å². The summed E-state index contributed by atoms with van der Waals surface area (Å²) in [6.45, 7) is 11.0. The van der Waals surface area contributed by atoms with Gasteiger partial charge in [0.25, 0.3) is 0 Å². The van der Waals surface area contributed by atoms with E-state index in [4.69, 9.17) is 11.6 Å². The Bertz CT molecular complexity index is 539. The molecule has 0 spiro atoms. The molecule has 1 aromatic heterocycles. The van der Waals surface area contributed by atoms with E-state index in [1.165, 1.54) is 6.42 Å². The molecule has 1 fully saturated rings. The van der Waals surface area contributed by atoms with Gasteiger partial charge < -0.3 is 5.32 Å². The monoisotopic (exact) mass is 309 g/mol. The highest BCUT2D eigenvalue weighted by atomic mass is 35.5. The van der Waals surface area contributed by atoms with Gasteiger partial charge in [0.05, 0.1) is 5.56 Å². The second kappa shape index (κ2) is 5.56. The van der Waals surface area contributed by atoms with Crippen molar-refractivity contribution in [3.05, 3.63) is 16.5 Å². The summed E-state index contributed by atoms with van der Waals surface area (Å²) in [4.78, 5) is 19.6. The highest BCUT2D eigenvalue weighted by Gasteiger charge is 2.38. The van der Waals surface area contributed by atoms with Crippen LogP contribution in [0, 0.1) is 17.8 Å². The lowest BCUT2D eigenvalue weighted by Crippen LogP contribution is -2.40. The maximum absolute atomic E-state index is 11.3. The number of aryl methyl sites for hydroxylation is 1. The topological polar surface area (TPSA) is 54.9 Å². The molecule has 0 radical (unpaired) electrons. The van der Waals surface area contributed by atoms with Crippen LogP contribution in [0.4, 0.5) is 5.82 Å². The second-order valence-electron chi connectivity index (χ2n) is 7.70. The van der Waals surface area contributed by atoms with E-state index in [1.54, 1.807) is 6.92 Å². The number of carbonyl (C=O) groups excluding carboxylic acids is 1. The van der Waals surface area contributed by atoms with E-state index in [-0.39, 0.29) is 22.0 Å². The normalized spacial score (nSPS) is 21.0. The van der Waals surface area contributed by atoms with Crippen LogP contribution in [0.2, 0.25) is 5.15 Å². The molecule has 0 saturated heterocycles. The Morgan fingerprint density at radius 1 is 1.19 bits per heavy atom. The third-order valence-corrected chi connectivity index (χ3v) is 4.31. The summed E-state index contributed by atoms with van der Waals surface area (Å²) in [5.41, 5.74) is 0.891. The molecule has 0 aromatic carbocycles. The van der Waals surface area contributed by atoms with Gasteiger partial charge >= 0.3 is 0 Å². The molecule has 0 amide bonds. The lowest BCUT2D eigenvalue weighted by Gasteiger charge is -2.45. The molecule has 5 heteroatoms. The molecule has 1 heterocycles. The number of rotatable bonds is 3. The highest BCUT2D eigenvalue weighted by Crippen LogP contribution is 2.46. The molecular weight excluding hydrogens is 286 g/mol. The molecule has 1 aromatic rings. The zero-order valence-corrected chi connectivity index (χ0v) is 14.2. The van der Waals surface area contributed by atoms with E-state index in [0.29, 0.717) is 17.2 Å². The Kier molecular flexibility index (Phi) is 4.29. The smallest absolute Gasteiger partial charge is 0.156 e. The predicted molar refractivity (Wildman–Crippen MR) is 86.0 cm³/mol. The number of carbonyl (C=O) groups is 1. The van der Waals surface area contributed by atoms with Crippen LogP contribution in [0.1, 0.15) is 63.1 Å². The summed E-state index contributed by atoms with van der Waals surface area (Å²) < 4.78 is 0. The summed E-state index contributed by atoms with van der Waals surface area (Å²) >= 11 is 6.04. The van der Waals surface area contributed by atoms with Crippen molar-refractivity contribution in [2.24, 2.45) is 10.8 Å². The molecule has 4 nitrogen and oxygen atoms in total. The molecule has 1 saturated carbocycles. The fraction of sp³-hybridized carbons (Fsp3) is 0.688. The van der Waals surface area contributed by atoms with Crippen molar-refractivity contribution in [1.29, 1.82) is 0 Å². The molecule has 0 atom stereocenters. The number of aldehydes is 1. The molecule has 1 N–H and O–H groups in total. The number of hydrogen-bond donors (Lipinski definition) is 1. The van der Waals surface area contributed by atoms with Gasteiger partial charge in [0.1, 0.15) is 16.8 Å². The standard InChI is InChI=1S/C16H24ClN3O/c1-10-18-13(17)12(8-21)14(19-10)20-11-6-15(2,3)9-16(4,5)7-11/h8,11H,6-7,9H2,1-5H3,(H,18,19,20). The van der Waals surface area contributed by atoms with Crippen LogP contribution in [0.5, 0.6) is 0 Å². The van der Waals surface area contributed by atoms with Gasteiger partial charge in [0.2, 0.25) is 0 Å². The van der Waals surface area contributed by atoms with Gasteiger partial charge in [-0.05, 0) is 37.0 Å². The SMILES string of the molecule is Cc1nc(Cl)c(C=O)c(NC2CC(C)(C)CC(C)(C)C2)n1. The van der Waals surface area contributed by atoms with Gasteiger partial charge in [-0.1, -0.05) is 39.3 Å². The van der Waals surface area contributed by atoms with Crippen molar-refractivity contribution >= 4 is 23.7 Å². The summed E-state index contributed by atoms with van der Waals surface area (Å²) in [7, 11) is 0. The number of hydrogen-bond acceptors (Lipinski definition) is 4. The number of anilines is 1. The third-order valence-electron chi connectivity index (χ3n) is 4.02. The lowest BCUT2D eigenvalue weighted by atomic mass is 9.63. The van der Waals surface area contributed by atoms with Crippen molar-refractivity contribution in [2.75, 3.05) is 5.32 Å². The van der Waals surface area contributed by atoms with Crippen molar-refractivity contribution in [3.63, 3.8) is 0 Å². The Morgan fingerprint density at radius 3 is 2.29 bits per heavy atom. The summed E-state index contributed by atoms with van der Waals surface area (Å²) in [6, 6.07) is 0.285. The average Bonchev–Trinajstić information content (AvgIpc) is 2.23. The van der Waals surface area contributed by atoms with Crippen molar-refractivity contribution in [2.45, 2.75) is 59.9 Å². The Hall–Kier alpha value is -1.16. The van der Waals surface area contributed by atoms with Gasteiger partial charge in [-0.25, -0.2) is 9.97 Å². The summed E-state index contributed by atoms with van der Waals surface area (Å²) in [6.07, 6.45) is 4.02. The predicted octanol–water partition coefficient (Wildman–Crippen LogP) is 4.27. The molecule has 116 valence electrons. The quantitative estimate of drug-likeness (QED) is 0.669. The van der Waals surface area contributed by atoms with E-state index in [1.807, 2.05) is 0 Å².